The van der Waals surface area contributed by atoms with Crippen LogP contribution < -0.4 is 10.6 Å². The highest BCUT2D eigenvalue weighted by atomic mass is 19.4. The molecule has 3 N–H and O–H groups in total. The summed E-state index contributed by atoms with van der Waals surface area (Å²) in [5, 5.41) is 13.8. The summed E-state index contributed by atoms with van der Waals surface area (Å²) in [6.45, 7) is 1.91. The third-order valence-corrected chi connectivity index (χ3v) is 2.91. The molecule has 8 heteroatoms. The Balaban J connectivity index is 2.49. The standard InChI is InChI=1S/C14H17F3N2O3/c1-2-11(20)7-8-18-12(21)13(22)19-10-5-3-9(4-6-10)14(15,16)17/h3-6,11,20H,2,7-8H2,1H3,(H,18,21)(H,19,22). The number of hydrogen-bond acceptors (Lipinski definition) is 3. The number of halogens is 3. The summed E-state index contributed by atoms with van der Waals surface area (Å²) in [5.74, 6) is -1.89. The number of aliphatic hydroxyl groups excluding tert-OH is 1. The lowest BCUT2D eigenvalue weighted by Crippen LogP contribution is -2.36. The number of rotatable bonds is 5. The number of nitrogens with one attached hydrogen (secondary N) is 2. The lowest BCUT2D eigenvalue weighted by molar-refractivity contribution is -0.137. The Bertz CT molecular complexity index is 515. The fourth-order valence-electron chi connectivity index (χ4n) is 1.57. The van der Waals surface area contributed by atoms with E-state index in [0.29, 0.717) is 12.8 Å². The number of aliphatic hydroxyl groups is 1. The molecular weight excluding hydrogens is 301 g/mol. The van der Waals surface area contributed by atoms with Crippen molar-refractivity contribution in [2.75, 3.05) is 11.9 Å². The number of amides is 2. The monoisotopic (exact) mass is 318 g/mol. The van der Waals surface area contributed by atoms with Crippen LogP contribution in [0.3, 0.4) is 0 Å². The summed E-state index contributed by atoms with van der Waals surface area (Å²) in [5.41, 5.74) is -0.759. The second-order valence-corrected chi connectivity index (χ2v) is 4.64. The number of carbonyl (C=O) groups is 2. The fraction of sp³-hybridized carbons (Fsp3) is 0.429. The van der Waals surface area contributed by atoms with Gasteiger partial charge >= 0.3 is 18.0 Å². The molecule has 0 spiro atoms. The van der Waals surface area contributed by atoms with E-state index in [1.54, 1.807) is 6.92 Å². The summed E-state index contributed by atoms with van der Waals surface area (Å²) >= 11 is 0. The van der Waals surface area contributed by atoms with Crippen LogP contribution in [0.4, 0.5) is 18.9 Å². The molecule has 0 saturated carbocycles. The summed E-state index contributed by atoms with van der Waals surface area (Å²) in [6, 6.07) is 3.75. The van der Waals surface area contributed by atoms with Gasteiger partial charge in [0.2, 0.25) is 0 Å². The van der Waals surface area contributed by atoms with Crippen molar-refractivity contribution in [3.63, 3.8) is 0 Å². The van der Waals surface area contributed by atoms with Gasteiger partial charge in [-0.2, -0.15) is 13.2 Å². The highest BCUT2D eigenvalue weighted by Crippen LogP contribution is 2.29. The first-order valence-corrected chi connectivity index (χ1v) is 6.68. The zero-order chi connectivity index (χ0) is 16.8. The van der Waals surface area contributed by atoms with Crippen LogP contribution in [0.2, 0.25) is 0 Å². The lowest BCUT2D eigenvalue weighted by Gasteiger charge is -2.10. The average Bonchev–Trinajstić information content (AvgIpc) is 2.46. The van der Waals surface area contributed by atoms with Crippen molar-refractivity contribution in [3.05, 3.63) is 29.8 Å². The minimum Gasteiger partial charge on any atom is -0.393 e. The van der Waals surface area contributed by atoms with Crippen LogP contribution in [0, 0.1) is 0 Å². The van der Waals surface area contributed by atoms with Crippen LogP contribution in [0.25, 0.3) is 0 Å². The van der Waals surface area contributed by atoms with Crippen molar-refractivity contribution in [1.29, 1.82) is 0 Å². The van der Waals surface area contributed by atoms with Crippen molar-refractivity contribution in [1.82, 2.24) is 5.32 Å². The summed E-state index contributed by atoms with van der Waals surface area (Å²) in [6.07, 6.45) is -4.16. The molecule has 22 heavy (non-hydrogen) atoms. The Morgan fingerprint density at radius 1 is 1.18 bits per heavy atom. The number of benzene rings is 1. The summed E-state index contributed by atoms with van der Waals surface area (Å²) in [4.78, 5) is 23.0. The van der Waals surface area contributed by atoms with Crippen molar-refractivity contribution >= 4 is 17.5 Å². The largest absolute Gasteiger partial charge is 0.416 e. The van der Waals surface area contributed by atoms with E-state index in [-0.39, 0.29) is 12.2 Å². The molecule has 2 amide bonds. The van der Waals surface area contributed by atoms with Crippen LogP contribution in [-0.4, -0.2) is 29.6 Å². The van der Waals surface area contributed by atoms with Crippen LogP contribution in [0.1, 0.15) is 25.3 Å². The topological polar surface area (TPSA) is 78.4 Å². The van der Waals surface area contributed by atoms with E-state index in [4.69, 9.17) is 0 Å². The van der Waals surface area contributed by atoms with E-state index in [9.17, 15) is 27.9 Å². The highest BCUT2D eigenvalue weighted by Gasteiger charge is 2.30. The van der Waals surface area contributed by atoms with Crippen LogP contribution in [0.5, 0.6) is 0 Å². The Kier molecular flexibility index (Phi) is 6.36. The molecule has 0 heterocycles. The second kappa shape index (κ2) is 7.79. The zero-order valence-electron chi connectivity index (χ0n) is 11.9. The second-order valence-electron chi connectivity index (χ2n) is 4.64. The number of hydrogen-bond donors (Lipinski definition) is 3. The van der Waals surface area contributed by atoms with E-state index in [0.717, 1.165) is 24.3 Å². The molecule has 0 aromatic heterocycles. The van der Waals surface area contributed by atoms with Crippen molar-refractivity contribution in [2.24, 2.45) is 0 Å². The first kappa shape index (κ1) is 18.0. The molecular formula is C14H17F3N2O3. The van der Waals surface area contributed by atoms with Gasteiger partial charge in [0.15, 0.2) is 0 Å². The zero-order valence-corrected chi connectivity index (χ0v) is 11.9. The maximum absolute atomic E-state index is 12.4. The molecule has 0 bridgehead atoms. The molecule has 122 valence electrons. The fourth-order valence-corrected chi connectivity index (χ4v) is 1.57. The van der Waals surface area contributed by atoms with E-state index < -0.39 is 29.7 Å². The molecule has 1 rings (SSSR count). The number of carbonyl (C=O) groups excluding carboxylic acids is 2. The Morgan fingerprint density at radius 2 is 1.77 bits per heavy atom. The van der Waals surface area contributed by atoms with Gasteiger partial charge in [-0.1, -0.05) is 6.92 Å². The third-order valence-electron chi connectivity index (χ3n) is 2.91. The Hall–Kier alpha value is -2.09. The van der Waals surface area contributed by atoms with Crippen molar-refractivity contribution in [3.8, 4) is 0 Å². The number of anilines is 1. The molecule has 0 saturated heterocycles. The normalized spacial score (nSPS) is 12.6. The maximum Gasteiger partial charge on any atom is 0.416 e. The van der Waals surface area contributed by atoms with Gasteiger partial charge < -0.3 is 15.7 Å². The van der Waals surface area contributed by atoms with Crippen molar-refractivity contribution in [2.45, 2.75) is 32.0 Å². The molecule has 0 fully saturated rings. The van der Waals surface area contributed by atoms with Gasteiger partial charge in [0.05, 0.1) is 11.7 Å². The van der Waals surface area contributed by atoms with Gasteiger partial charge in [0, 0.05) is 12.2 Å². The van der Waals surface area contributed by atoms with Crippen LogP contribution in [0.15, 0.2) is 24.3 Å². The van der Waals surface area contributed by atoms with Crippen molar-refractivity contribution < 1.29 is 27.9 Å². The van der Waals surface area contributed by atoms with Gasteiger partial charge in [0.1, 0.15) is 0 Å². The average molecular weight is 318 g/mol. The molecule has 0 aliphatic rings. The minimum atomic E-state index is -4.46. The molecule has 1 atom stereocenters. The molecule has 0 radical (unpaired) electrons. The smallest absolute Gasteiger partial charge is 0.393 e. The van der Waals surface area contributed by atoms with Crippen LogP contribution in [-0.2, 0) is 15.8 Å². The molecule has 0 aliphatic heterocycles. The predicted octanol–water partition coefficient (Wildman–Crippen LogP) is 1.92. The lowest BCUT2D eigenvalue weighted by atomic mass is 10.2. The van der Waals surface area contributed by atoms with E-state index in [1.807, 2.05) is 0 Å². The predicted molar refractivity (Wildman–Crippen MR) is 74.0 cm³/mol. The molecule has 1 aromatic rings. The van der Waals surface area contributed by atoms with Gasteiger partial charge in [0.25, 0.3) is 0 Å². The van der Waals surface area contributed by atoms with Crippen LogP contribution >= 0.6 is 0 Å². The summed E-state index contributed by atoms with van der Waals surface area (Å²) < 4.78 is 37.1. The van der Waals surface area contributed by atoms with E-state index >= 15 is 0 Å². The molecule has 1 unspecified atom stereocenters. The third kappa shape index (κ3) is 5.72. The van der Waals surface area contributed by atoms with Gasteiger partial charge in [-0.05, 0) is 37.1 Å². The van der Waals surface area contributed by atoms with Gasteiger partial charge in [-0.15, -0.1) is 0 Å². The summed E-state index contributed by atoms with van der Waals surface area (Å²) in [7, 11) is 0. The van der Waals surface area contributed by atoms with E-state index in [1.165, 1.54) is 0 Å². The first-order valence-electron chi connectivity index (χ1n) is 6.68. The van der Waals surface area contributed by atoms with Gasteiger partial charge in [-0.25, -0.2) is 0 Å². The molecule has 1 aromatic carbocycles. The first-order chi connectivity index (χ1) is 10.2. The minimum absolute atomic E-state index is 0.0849. The quantitative estimate of drug-likeness (QED) is 0.726. The molecule has 5 nitrogen and oxygen atoms in total. The number of alkyl halides is 3. The SMILES string of the molecule is CCC(O)CCNC(=O)C(=O)Nc1ccc(C(F)(F)F)cc1. The van der Waals surface area contributed by atoms with Gasteiger partial charge in [-0.3, -0.25) is 9.59 Å². The maximum atomic E-state index is 12.4. The molecule has 0 aliphatic carbocycles. The highest BCUT2D eigenvalue weighted by molar-refractivity contribution is 6.39. The Labute approximate surface area is 125 Å². The Morgan fingerprint density at radius 3 is 2.27 bits per heavy atom. The van der Waals surface area contributed by atoms with E-state index in [2.05, 4.69) is 10.6 Å².